The number of halogens is 1. The van der Waals surface area contributed by atoms with Gasteiger partial charge in [-0.1, -0.05) is 12.1 Å². The van der Waals surface area contributed by atoms with Crippen LogP contribution in [0.1, 0.15) is 32.3 Å². The molecule has 1 fully saturated rings. The first-order valence-corrected chi connectivity index (χ1v) is 6.26. The van der Waals surface area contributed by atoms with E-state index in [2.05, 4.69) is 5.32 Å². The lowest BCUT2D eigenvalue weighted by Gasteiger charge is -2.40. The SMILES string of the molecule is CC(C)(O)C[C@]1(c2ccc(F)cc2)CCNC(=O)O1. The number of rotatable bonds is 3. The van der Waals surface area contributed by atoms with Crippen LogP contribution in [0, 0.1) is 5.82 Å². The van der Waals surface area contributed by atoms with E-state index in [0.29, 0.717) is 18.5 Å². The molecule has 0 bridgehead atoms. The molecule has 2 rings (SSSR count). The Balaban J connectivity index is 2.38. The van der Waals surface area contributed by atoms with E-state index in [-0.39, 0.29) is 12.2 Å². The first-order chi connectivity index (χ1) is 8.81. The Morgan fingerprint density at radius 2 is 2.05 bits per heavy atom. The van der Waals surface area contributed by atoms with Gasteiger partial charge in [0.15, 0.2) is 0 Å². The maximum Gasteiger partial charge on any atom is 0.408 e. The normalized spacial score (nSPS) is 23.7. The molecule has 19 heavy (non-hydrogen) atoms. The number of carbonyl (C=O) groups excluding carboxylic acids is 1. The maximum atomic E-state index is 13.0. The Kier molecular flexibility index (Phi) is 3.49. The van der Waals surface area contributed by atoms with Gasteiger partial charge in [0.1, 0.15) is 11.4 Å². The Morgan fingerprint density at radius 3 is 2.58 bits per heavy atom. The quantitative estimate of drug-likeness (QED) is 0.883. The Morgan fingerprint density at radius 1 is 1.42 bits per heavy atom. The van der Waals surface area contributed by atoms with E-state index < -0.39 is 17.3 Å². The zero-order chi connectivity index (χ0) is 14.1. The Bertz CT molecular complexity index is 467. The summed E-state index contributed by atoms with van der Waals surface area (Å²) < 4.78 is 18.5. The van der Waals surface area contributed by atoms with Gasteiger partial charge in [-0.2, -0.15) is 0 Å². The van der Waals surface area contributed by atoms with E-state index in [1.165, 1.54) is 12.1 Å². The summed E-state index contributed by atoms with van der Waals surface area (Å²) in [5.41, 5.74) is -1.20. The second-order valence-electron chi connectivity index (χ2n) is 5.56. The molecule has 0 radical (unpaired) electrons. The topological polar surface area (TPSA) is 58.6 Å². The number of ether oxygens (including phenoxy) is 1. The van der Waals surface area contributed by atoms with Crippen LogP contribution in [0.3, 0.4) is 0 Å². The smallest absolute Gasteiger partial charge is 0.408 e. The van der Waals surface area contributed by atoms with Gasteiger partial charge in [-0.15, -0.1) is 0 Å². The monoisotopic (exact) mass is 267 g/mol. The molecule has 1 amide bonds. The molecule has 104 valence electrons. The summed E-state index contributed by atoms with van der Waals surface area (Å²) in [7, 11) is 0. The molecule has 0 saturated carbocycles. The standard InChI is InChI=1S/C14H18FNO3/c1-13(2,18)9-14(7-8-16-12(17)19-14)10-3-5-11(15)6-4-10/h3-6,18H,7-9H2,1-2H3,(H,16,17)/t14-/m0/s1. The van der Waals surface area contributed by atoms with Gasteiger partial charge in [-0.25, -0.2) is 9.18 Å². The number of benzene rings is 1. The molecule has 1 aliphatic rings. The fourth-order valence-corrected chi connectivity index (χ4v) is 2.51. The first kappa shape index (κ1) is 13.8. The maximum absolute atomic E-state index is 13.0. The summed E-state index contributed by atoms with van der Waals surface area (Å²) in [6.45, 7) is 3.79. The van der Waals surface area contributed by atoms with Crippen molar-refractivity contribution >= 4 is 6.09 Å². The largest absolute Gasteiger partial charge is 0.438 e. The summed E-state index contributed by atoms with van der Waals surface area (Å²) >= 11 is 0. The second kappa shape index (κ2) is 4.81. The molecule has 2 N–H and O–H groups in total. The lowest BCUT2D eigenvalue weighted by atomic mass is 9.80. The van der Waals surface area contributed by atoms with Crippen molar-refractivity contribution in [2.45, 2.75) is 37.9 Å². The van der Waals surface area contributed by atoms with Crippen LogP contribution in [0.15, 0.2) is 24.3 Å². The molecule has 5 heteroatoms. The van der Waals surface area contributed by atoms with E-state index in [9.17, 15) is 14.3 Å². The van der Waals surface area contributed by atoms with Crippen LogP contribution >= 0.6 is 0 Å². The van der Waals surface area contributed by atoms with Crippen molar-refractivity contribution in [3.05, 3.63) is 35.6 Å². The Labute approximate surface area is 111 Å². The summed E-state index contributed by atoms with van der Waals surface area (Å²) in [5.74, 6) is -0.345. The third-order valence-corrected chi connectivity index (χ3v) is 3.17. The molecular weight excluding hydrogens is 249 g/mol. The van der Waals surface area contributed by atoms with Crippen molar-refractivity contribution in [2.24, 2.45) is 0 Å². The number of cyclic esters (lactones) is 1. The van der Waals surface area contributed by atoms with Crippen molar-refractivity contribution in [3.8, 4) is 0 Å². The van der Waals surface area contributed by atoms with Crippen LogP contribution in [0.25, 0.3) is 0 Å². The Hall–Kier alpha value is -1.62. The van der Waals surface area contributed by atoms with Crippen LogP contribution in [0.2, 0.25) is 0 Å². The summed E-state index contributed by atoms with van der Waals surface area (Å²) in [5, 5.41) is 12.6. The lowest BCUT2D eigenvalue weighted by molar-refractivity contribution is -0.0745. The molecule has 0 aromatic heterocycles. The van der Waals surface area contributed by atoms with Crippen LogP contribution < -0.4 is 5.32 Å². The minimum Gasteiger partial charge on any atom is -0.438 e. The van der Waals surface area contributed by atoms with Crippen LogP contribution in [-0.4, -0.2) is 23.3 Å². The van der Waals surface area contributed by atoms with Gasteiger partial charge >= 0.3 is 6.09 Å². The van der Waals surface area contributed by atoms with Gasteiger partial charge in [0.2, 0.25) is 0 Å². The van der Waals surface area contributed by atoms with Crippen LogP contribution in [0.4, 0.5) is 9.18 Å². The number of hydrogen-bond acceptors (Lipinski definition) is 3. The minimum atomic E-state index is -0.994. The van der Waals surface area contributed by atoms with E-state index >= 15 is 0 Å². The highest BCUT2D eigenvalue weighted by molar-refractivity contribution is 5.69. The van der Waals surface area contributed by atoms with Gasteiger partial charge in [-0.05, 0) is 31.5 Å². The van der Waals surface area contributed by atoms with Crippen LogP contribution in [0.5, 0.6) is 0 Å². The van der Waals surface area contributed by atoms with Gasteiger partial charge in [0, 0.05) is 19.4 Å². The molecule has 1 aromatic carbocycles. The first-order valence-electron chi connectivity index (χ1n) is 6.26. The average Bonchev–Trinajstić information content (AvgIpc) is 2.27. The number of amides is 1. The van der Waals surface area contributed by atoms with Crippen molar-refractivity contribution in [1.82, 2.24) is 5.32 Å². The highest BCUT2D eigenvalue weighted by Gasteiger charge is 2.43. The lowest BCUT2D eigenvalue weighted by Crippen LogP contribution is -2.48. The molecule has 1 atom stereocenters. The summed E-state index contributed by atoms with van der Waals surface area (Å²) in [6.07, 6.45) is 0.285. The van der Waals surface area contributed by atoms with Gasteiger partial charge in [-0.3, -0.25) is 0 Å². The number of carbonyl (C=O) groups is 1. The molecule has 0 aliphatic carbocycles. The van der Waals surface area contributed by atoms with E-state index in [1.807, 2.05) is 0 Å². The van der Waals surface area contributed by atoms with Crippen molar-refractivity contribution in [2.75, 3.05) is 6.54 Å². The molecule has 0 unspecified atom stereocenters. The minimum absolute atomic E-state index is 0.263. The highest BCUT2D eigenvalue weighted by Crippen LogP contribution is 2.39. The predicted octanol–water partition coefficient (Wildman–Crippen LogP) is 2.31. The number of alkyl carbamates (subject to hydrolysis) is 1. The third kappa shape index (κ3) is 3.23. The van der Waals surface area contributed by atoms with E-state index in [1.54, 1.807) is 26.0 Å². The van der Waals surface area contributed by atoms with E-state index in [4.69, 9.17) is 4.74 Å². The van der Waals surface area contributed by atoms with Crippen molar-refractivity contribution < 1.29 is 19.0 Å². The predicted molar refractivity (Wildman–Crippen MR) is 68.1 cm³/mol. The number of hydrogen-bond donors (Lipinski definition) is 2. The van der Waals surface area contributed by atoms with E-state index in [0.717, 1.165) is 0 Å². The van der Waals surface area contributed by atoms with Gasteiger partial charge in [0.25, 0.3) is 0 Å². The fourth-order valence-electron chi connectivity index (χ4n) is 2.51. The zero-order valence-electron chi connectivity index (χ0n) is 11.1. The summed E-state index contributed by atoms with van der Waals surface area (Å²) in [4.78, 5) is 11.5. The van der Waals surface area contributed by atoms with Gasteiger partial charge in [0.05, 0.1) is 5.60 Å². The number of aliphatic hydroxyl groups is 1. The van der Waals surface area contributed by atoms with Crippen LogP contribution in [-0.2, 0) is 10.3 Å². The number of nitrogens with one attached hydrogen (secondary N) is 1. The molecule has 0 spiro atoms. The molecule has 4 nitrogen and oxygen atoms in total. The molecule has 1 saturated heterocycles. The summed E-state index contributed by atoms with van der Waals surface area (Å²) in [6, 6.07) is 5.86. The average molecular weight is 267 g/mol. The molecular formula is C14H18FNO3. The highest BCUT2D eigenvalue weighted by atomic mass is 19.1. The van der Waals surface area contributed by atoms with Crippen molar-refractivity contribution in [1.29, 1.82) is 0 Å². The second-order valence-corrected chi connectivity index (χ2v) is 5.56. The molecule has 1 heterocycles. The third-order valence-electron chi connectivity index (χ3n) is 3.17. The molecule has 1 aliphatic heterocycles. The fraction of sp³-hybridized carbons (Fsp3) is 0.500. The molecule has 1 aromatic rings. The van der Waals surface area contributed by atoms with Gasteiger partial charge < -0.3 is 15.2 Å². The van der Waals surface area contributed by atoms with Crippen molar-refractivity contribution in [3.63, 3.8) is 0 Å². The zero-order valence-corrected chi connectivity index (χ0v) is 11.1.